The molecule has 0 bridgehead atoms. The maximum atomic E-state index is 12.6. The van der Waals surface area contributed by atoms with Crippen LogP contribution in [-0.4, -0.2) is 26.9 Å². The highest BCUT2D eigenvalue weighted by Crippen LogP contribution is 2.36. The molecule has 154 valence electrons. The third-order valence-electron chi connectivity index (χ3n) is 5.20. The highest BCUT2D eigenvalue weighted by molar-refractivity contribution is 7.90. The second-order valence-electron chi connectivity index (χ2n) is 7.72. The predicted octanol–water partition coefficient (Wildman–Crippen LogP) is 4.54. The summed E-state index contributed by atoms with van der Waals surface area (Å²) < 4.78 is 30.4. The van der Waals surface area contributed by atoms with E-state index in [4.69, 9.17) is 25.2 Å². The Morgan fingerprint density at radius 3 is 2.79 bits per heavy atom. The zero-order chi connectivity index (χ0) is 20.6. The monoisotopic (exact) mass is 435 g/mol. The van der Waals surface area contributed by atoms with Crippen LogP contribution in [0.25, 0.3) is 11.1 Å². The van der Waals surface area contributed by atoms with Crippen LogP contribution in [-0.2, 0) is 21.9 Å². The number of aryl methyl sites for hydroxylation is 1. The van der Waals surface area contributed by atoms with Crippen molar-refractivity contribution in [3.63, 3.8) is 0 Å². The number of amides is 1. The topological polar surface area (TPSA) is 109 Å². The molecule has 1 amide bonds. The molecule has 9 heteroatoms. The van der Waals surface area contributed by atoms with Crippen LogP contribution >= 0.6 is 11.6 Å². The number of rotatable bonds is 7. The van der Waals surface area contributed by atoms with Crippen LogP contribution in [0.15, 0.2) is 39.2 Å². The van der Waals surface area contributed by atoms with Crippen molar-refractivity contribution >= 4 is 38.3 Å². The summed E-state index contributed by atoms with van der Waals surface area (Å²) in [4.78, 5) is 17.1. The Kier molecular flexibility index (Phi) is 5.16. The first-order valence-corrected chi connectivity index (χ1v) is 11.9. The highest BCUT2D eigenvalue weighted by Gasteiger charge is 2.39. The summed E-state index contributed by atoms with van der Waals surface area (Å²) in [7, 11) is -2.72. The number of nitrogens with zero attached hydrogens (tertiary/aromatic N) is 1. The molecule has 2 N–H and O–H groups in total. The molecule has 0 radical (unpaired) electrons. The Labute approximate surface area is 173 Å². The predicted molar refractivity (Wildman–Crippen MR) is 111 cm³/mol. The van der Waals surface area contributed by atoms with E-state index in [9.17, 15) is 9.00 Å². The molecule has 7 nitrogen and oxygen atoms in total. The maximum absolute atomic E-state index is 12.6. The Balaban J connectivity index is 1.41. The zero-order valence-corrected chi connectivity index (χ0v) is 17.6. The minimum Gasteiger partial charge on any atom is -0.455 e. The molecule has 0 saturated heterocycles. The van der Waals surface area contributed by atoms with Gasteiger partial charge in [-0.3, -0.25) is 9.57 Å². The molecule has 0 spiro atoms. The number of fused-ring (bicyclic) bond motifs is 1. The van der Waals surface area contributed by atoms with Gasteiger partial charge in [0.2, 0.25) is 0 Å². The highest BCUT2D eigenvalue weighted by atomic mass is 35.5. The number of carbonyl (C=O) groups is 1. The van der Waals surface area contributed by atoms with Gasteiger partial charge in [0, 0.05) is 33.0 Å². The van der Waals surface area contributed by atoms with Crippen molar-refractivity contribution in [2.75, 3.05) is 6.26 Å². The van der Waals surface area contributed by atoms with E-state index < -0.39 is 9.73 Å². The van der Waals surface area contributed by atoms with E-state index in [0.717, 1.165) is 24.8 Å². The molecule has 2 heterocycles. The number of carbonyl (C=O) groups excluding carboxylic acids is 1. The van der Waals surface area contributed by atoms with Crippen LogP contribution in [0.5, 0.6) is 0 Å². The van der Waals surface area contributed by atoms with Crippen LogP contribution in [0.3, 0.4) is 0 Å². The molecule has 0 aliphatic heterocycles. The van der Waals surface area contributed by atoms with E-state index >= 15 is 0 Å². The molecule has 2 aromatic heterocycles. The van der Waals surface area contributed by atoms with Crippen LogP contribution < -0.4 is 5.32 Å². The lowest BCUT2D eigenvalue weighted by atomic mass is 9.73. The van der Waals surface area contributed by atoms with Crippen molar-refractivity contribution in [3.8, 4) is 0 Å². The summed E-state index contributed by atoms with van der Waals surface area (Å²) in [6.07, 6.45) is 5.47. The van der Waals surface area contributed by atoms with Crippen LogP contribution in [0.1, 0.15) is 47.9 Å². The second-order valence-corrected chi connectivity index (χ2v) is 10.5. The van der Waals surface area contributed by atoms with Gasteiger partial charge in [-0.15, -0.1) is 0 Å². The van der Waals surface area contributed by atoms with Gasteiger partial charge in [-0.1, -0.05) is 11.6 Å². The molecule has 29 heavy (non-hydrogen) atoms. The van der Waals surface area contributed by atoms with Crippen molar-refractivity contribution in [1.29, 1.82) is 4.78 Å². The van der Waals surface area contributed by atoms with Crippen molar-refractivity contribution < 1.29 is 17.8 Å². The number of hydrogen-bond acceptors (Lipinski definition) is 6. The fraction of sp³-hybridized carbons (Fsp3) is 0.400. The second kappa shape index (κ2) is 7.50. The van der Waals surface area contributed by atoms with Gasteiger partial charge >= 0.3 is 0 Å². The Morgan fingerprint density at radius 2 is 2.10 bits per heavy atom. The van der Waals surface area contributed by atoms with E-state index in [1.54, 1.807) is 30.3 Å². The summed E-state index contributed by atoms with van der Waals surface area (Å²) in [6.45, 7) is 0. The van der Waals surface area contributed by atoms with Crippen molar-refractivity contribution in [2.45, 2.75) is 43.4 Å². The third-order valence-corrected chi connectivity index (χ3v) is 6.27. The van der Waals surface area contributed by atoms with Gasteiger partial charge in [-0.05, 0) is 56.0 Å². The average molecular weight is 436 g/mol. The molecule has 1 atom stereocenters. The maximum Gasteiger partial charge on any atom is 0.287 e. The van der Waals surface area contributed by atoms with Crippen molar-refractivity contribution in [1.82, 2.24) is 10.3 Å². The molecule has 1 aliphatic rings. The van der Waals surface area contributed by atoms with Gasteiger partial charge in [0.05, 0.1) is 5.75 Å². The SMILES string of the molecule is CS(=N)(=O)Cc1ccc(C(=O)NC2(CCc3nc4cc(Cl)ccc4o3)CCC2)o1. The minimum absolute atomic E-state index is 0.00678. The van der Waals surface area contributed by atoms with E-state index in [-0.39, 0.29) is 23.0 Å². The Hall–Kier alpha value is -2.32. The quantitative estimate of drug-likeness (QED) is 0.566. The summed E-state index contributed by atoms with van der Waals surface area (Å²) in [5.41, 5.74) is 1.11. The van der Waals surface area contributed by atoms with E-state index in [1.807, 2.05) is 0 Å². The zero-order valence-electron chi connectivity index (χ0n) is 16.0. The molecule has 1 fully saturated rings. The largest absolute Gasteiger partial charge is 0.455 e. The standard InChI is InChI=1S/C20H22ClN3O4S/c1-29(22,26)12-14-4-6-17(27-14)19(25)24-20(8-2-9-20)10-7-18-23-15-11-13(21)3-5-16(15)28-18/h3-6,11,22H,2,7-10,12H2,1H3,(H,24,25). The van der Waals surface area contributed by atoms with E-state index in [0.29, 0.717) is 35.1 Å². The molecular formula is C20H22ClN3O4S. The van der Waals surface area contributed by atoms with Crippen molar-refractivity contribution in [3.05, 3.63) is 52.8 Å². The molecule has 1 saturated carbocycles. The van der Waals surface area contributed by atoms with Crippen LogP contribution in [0, 0.1) is 4.78 Å². The van der Waals surface area contributed by atoms with E-state index in [1.165, 1.54) is 6.26 Å². The number of nitrogens with one attached hydrogen (secondary N) is 2. The first-order chi connectivity index (χ1) is 13.7. The number of aromatic nitrogens is 1. The number of furan rings is 1. The average Bonchev–Trinajstić information content (AvgIpc) is 3.21. The molecule has 4 rings (SSSR count). The third kappa shape index (κ3) is 4.64. The number of halogens is 1. The molecule has 3 aromatic rings. The first-order valence-electron chi connectivity index (χ1n) is 9.39. The lowest BCUT2D eigenvalue weighted by Gasteiger charge is -2.42. The Morgan fingerprint density at radius 1 is 1.31 bits per heavy atom. The number of oxazole rings is 1. The van der Waals surface area contributed by atoms with Gasteiger partial charge in [0.1, 0.15) is 11.3 Å². The molecule has 1 unspecified atom stereocenters. The summed E-state index contributed by atoms with van der Waals surface area (Å²) in [5, 5.41) is 3.71. The van der Waals surface area contributed by atoms with Gasteiger partial charge in [0.25, 0.3) is 5.91 Å². The fourth-order valence-corrected chi connectivity index (χ4v) is 4.46. The molecule has 1 aromatic carbocycles. The summed E-state index contributed by atoms with van der Waals surface area (Å²) in [5.74, 6) is 0.869. The van der Waals surface area contributed by atoms with E-state index in [2.05, 4.69) is 10.3 Å². The van der Waals surface area contributed by atoms with Crippen LogP contribution in [0.2, 0.25) is 5.02 Å². The fourth-order valence-electron chi connectivity index (χ4n) is 3.59. The summed E-state index contributed by atoms with van der Waals surface area (Å²) in [6, 6.07) is 8.50. The smallest absolute Gasteiger partial charge is 0.287 e. The van der Waals surface area contributed by atoms with Gasteiger partial charge in [0.15, 0.2) is 17.2 Å². The van der Waals surface area contributed by atoms with Gasteiger partial charge < -0.3 is 14.2 Å². The molecular weight excluding hydrogens is 414 g/mol. The normalized spacial score (nSPS) is 17.6. The number of benzene rings is 1. The lowest BCUT2D eigenvalue weighted by Crippen LogP contribution is -2.53. The van der Waals surface area contributed by atoms with Gasteiger partial charge in [-0.2, -0.15) is 0 Å². The summed E-state index contributed by atoms with van der Waals surface area (Å²) >= 11 is 6.00. The van der Waals surface area contributed by atoms with Crippen molar-refractivity contribution in [2.24, 2.45) is 0 Å². The lowest BCUT2D eigenvalue weighted by molar-refractivity contribution is 0.0780. The minimum atomic E-state index is -2.72. The molecule has 1 aliphatic carbocycles. The van der Waals surface area contributed by atoms with Crippen LogP contribution in [0.4, 0.5) is 0 Å². The Bertz CT molecular complexity index is 1160. The first kappa shape index (κ1) is 20.0. The van der Waals surface area contributed by atoms with Gasteiger partial charge in [-0.25, -0.2) is 9.19 Å². The number of hydrogen-bond donors (Lipinski definition) is 2.